The maximum atomic E-state index is 13.3. The minimum Gasteiger partial charge on any atom is -0.166 e. The third-order valence-corrected chi connectivity index (χ3v) is 4.86. The van der Waals surface area contributed by atoms with Crippen molar-refractivity contribution < 1.29 is 26.3 Å². The van der Waals surface area contributed by atoms with Crippen molar-refractivity contribution >= 4 is 6.08 Å². The number of fused-ring (bicyclic) bond motifs is 1. The lowest BCUT2D eigenvalue weighted by molar-refractivity contribution is -0.143. The Balaban J connectivity index is 2.23. The van der Waals surface area contributed by atoms with E-state index in [0.29, 0.717) is 23.5 Å². The van der Waals surface area contributed by atoms with Crippen LogP contribution < -0.4 is 0 Å². The molecule has 28 heavy (non-hydrogen) atoms. The molecule has 0 saturated heterocycles. The quantitative estimate of drug-likeness (QED) is 0.465. The summed E-state index contributed by atoms with van der Waals surface area (Å²) < 4.78 is 79.5. The van der Waals surface area contributed by atoms with Crippen LogP contribution in [0.25, 0.3) is 17.2 Å². The van der Waals surface area contributed by atoms with E-state index in [1.54, 1.807) is 13.0 Å². The summed E-state index contributed by atoms with van der Waals surface area (Å²) in [6.45, 7) is 5.84. The zero-order chi connectivity index (χ0) is 20.9. The second-order valence-corrected chi connectivity index (χ2v) is 7.70. The van der Waals surface area contributed by atoms with E-state index in [4.69, 9.17) is 0 Å². The second kappa shape index (κ2) is 6.98. The van der Waals surface area contributed by atoms with Gasteiger partial charge in [0.05, 0.1) is 11.1 Å². The van der Waals surface area contributed by atoms with E-state index in [-0.39, 0.29) is 11.6 Å². The molecular weight excluding hydrogens is 378 g/mol. The molecule has 0 radical (unpaired) electrons. The number of aryl methyl sites for hydroxylation is 1. The number of alkyl halides is 6. The molecule has 150 valence electrons. The molecule has 2 aromatic carbocycles. The summed E-state index contributed by atoms with van der Waals surface area (Å²) in [5, 5.41) is 0. The Labute approximate surface area is 159 Å². The van der Waals surface area contributed by atoms with Gasteiger partial charge in [-0.2, -0.15) is 26.3 Å². The Kier molecular flexibility index (Phi) is 5.11. The van der Waals surface area contributed by atoms with Gasteiger partial charge in [0.1, 0.15) is 0 Å². The van der Waals surface area contributed by atoms with Gasteiger partial charge in [-0.05, 0) is 71.7 Å². The van der Waals surface area contributed by atoms with E-state index in [2.05, 4.69) is 13.8 Å². The molecule has 6 heteroatoms. The van der Waals surface area contributed by atoms with E-state index >= 15 is 0 Å². The third kappa shape index (κ3) is 4.10. The van der Waals surface area contributed by atoms with Crippen molar-refractivity contribution in [2.45, 2.75) is 46.0 Å². The average molecular weight is 398 g/mol. The molecular formula is C22H20F6. The predicted molar refractivity (Wildman–Crippen MR) is 97.8 cm³/mol. The number of hydrogen-bond donors (Lipinski definition) is 0. The van der Waals surface area contributed by atoms with Crippen LogP contribution in [0.4, 0.5) is 26.3 Å². The average Bonchev–Trinajstić information content (AvgIpc) is 2.94. The SMILES string of the molecule is Cc1ccc2c(c1-c1cc(C(F)(F)F)cc(C(F)(F)F)c1)C=C(CC(C)C)C2. The predicted octanol–water partition coefficient (Wildman–Crippen LogP) is 7.69. The molecule has 0 bridgehead atoms. The Bertz CT molecular complexity index is 897. The molecule has 2 aromatic rings. The Hall–Kier alpha value is -2.24. The zero-order valence-corrected chi connectivity index (χ0v) is 15.7. The minimum absolute atomic E-state index is 0.0569. The number of benzene rings is 2. The van der Waals surface area contributed by atoms with Gasteiger partial charge in [-0.25, -0.2) is 0 Å². The number of hydrogen-bond acceptors (Lipinski definition) is 0. The fourth-order valence-corrected chi connectivity index (χ4v) is 3.73. The van der Waals surface area contributed by atoms with E-state index in [9.17, 15) is 26.3 Å². The van der Waals surface area contributed by atoms with Crippen LogP contribution in [0.5, 0.6) is 0 Å². The fourth-order valence-electron chi connectivity index (χ4n) is 3.73. The Morgan fingerprint density at radius 2 is 1.46 bits per heavy atom. The van der Waals surface area contributed by atoms with E-state index in [1.165, 1.54) is 0 Å². The van der Waals surface area contributed by atoms with Crippen LogP contribution >= 0.6 is 0 Å². The molecule has 0 amide bonds. The highest BCUT2D eigenvalue weighted by molar-refractivity contribution is 5.83. The lowest BCUT2D eigenvalue weighted by Crippen LogP contribution is -2.11. The number of allylic oxidation sites excluding steroid dienone is 1. The van der Waals surface area contributed by atoms with Crippen molar-refractivity contribution in [3.8, 4) is 11.1 Å². The largest absolute Gasteiger partial charge is 0.416 e. The van der Waals surface area contributed by atoms with Crippen LogP contribution in [-0.2, 0) is 18.8 Å². The monoisotopic (exact) mass is 398 g/mol. The molecule has 0 N–H and O–H groups in total. The molecule has 0 fully saturated rings. The van der Waals surface area contributed by atoms with Gasteiger partial charge in [-0.3, -0.25) is 0 Å². The van der Waals surface area contributed by atoms with Gasteiger partial charge < -0.3 is 0 Å². The van der Waals surface area contributed by atoms with Crippen molar-refractivity contribution in [1.29, 1.82) is 0 Å². The highest BCUT2D eigenvalue weighted by Gasteiger charge is 2.37. The van der Waals surface area contributed by atoms with Gasteiger partial charge in [0.25, 0.3) is 0 Å². The van der Waals surface area contributed by atoms with E-state index in [1.807, 2.05) is 12.1 Å². The number of halogens is 6. The molecule has 1 aliphatic rings. The first kappa shape index (κ1) is 20.5. The summed E-state index contributed by atoms with van der Waals surface area (Å²) in [7, 11) is 0. The van der Waals surface area contributed by atoms with Crippen molar-refractivity contribution in [3.63, 3.8) is 0 Å². The molecule has 0 unspecified atom stereocenters. The lowest BCUT2D eigenvalue weighted by atomic mass is 9.90. The van der Waals surface area contributed by atoms with Gasteiger partial charge in [0.15, 0.2) is 0 Å². The summed E-state index contributed by atoms with van der Waals surface area (Å²) in [6.07, 6.45) is -6.29. The van der Waals surface area contributed by atoms with Crippen LogP contribution in [0, 0.1) is 12.8 Å². The summed E-state index contributed by atoms with van der Waals surface area (Å²) in [5.74, 6) is 0.412. The van der Waals surface area contributed by atoms with Gasteiger partial charge in [-0.15, -0.1) is 0 Å². The summed E-state index contributed by atoms with van der Waals surface area (Å²) in [4.78, 5) is 0. The van der Waals surface area contributed by atoms with Crippen LogP contribution in [0.2, 0.25) is 0 Å². The molecule has 0 aromatic heterocycles. The highest BCUT2D eigenvalue weighted by atomic mass is 19.4. The van der Waals surface area contributed by atoms with Crippen LogP contribution in [0.15, 0.2) is 35.9 Å². The van der Waals surface area contributed by atoms with Crippen molar-refractivity contribution in [2.75, 3.05) is 0 Å². The van der Waals surface area contributed by atoms with Gasteiger partial charge in [-0.1, -0.05) is 37.6 Å². The van der Waals surface area contributed by atoms with Crippen LogP contribution in [-0.4, -0.2) is 0 Å². The normalized spacial score (nSPS) is 14.4. The molecule has 0 atom stereocenters. The third-order valence-electron chi connectivity index (χ3n) is 4.86. The van der Waals surface area contributed by atoms with Crippen molar-refractivity contribution in [1.82, 2.24) is 0 Å². The molecule has 0 aliphatic heterocycles. The first-order valence-electron chi connectivity index (χ1n) is 8.98. The highest BCUT2D eigenvalue weighted by Crippen LogP contribution is 2.42. The summed E-state index contributed by atoms with van der Waals surface area (Å²) >= 11 is 0. The standard InChI is InChI=1S/C22H20F6/c1-12(2)6-14-7-15-5-4-13(3)20(19(15)8-14)16-9-17(21(23,24)25)11-18(10-16)22(26,27)28/h4-5,8-12H,6-7H2,1-3H3. The van der Waals surface area contributed by atoms with Crippen molar-refractivity contribution in [3.05, 3.63) is 63.7 Å². The van der Waals surface area contributed by atoms with E-state index < -0.39 is 23.5 Å². The number of rotatable bonds is 3. The minimum atomic E-state index is -4.86. The molecule has 0 spiro atoms. The Morgan fingerprint density at radius 1 is 0.893 bits per heavy atom. The first-order valence-corrected chi connectivity index (χ1v) is 8.98. The summed E-state index contributed by atoms with van der Waals surface area (Å²) in [5.41, 5.74) is 1.24. The zero-order valence-electron chi connectivity index (χ0n) is 15.7. The van der Waals surface area contributed by atoms with Gasteiger partial charge >= 0.3 is 12.4 Å². The lowest BCUT2D eigenvalue weighted by Gasteiger charge is -2.17. The van der Waals surface area contributed by atoms with Crippen molar-refractivity contribution in [2.24, 2.45) is 5.92 Å². The maximum absolute atomic E-state index is 13.3. The molecule has 0 nitrogen and oxygen atoms in total. The fraction of sp³-hybridized carbons (Fsp3) is 0.364. The molecule has 0 heterocycles. The first-order chi connectivity index (χ1) is 12.9. The van der Waals surface area contributed by atoms with E-state index in [0.717, 1.165) is 35.3 Å². The second-order valence-electron chi connectivity index (χ2n) is 7.70. The molecule has 3 rings (SSSR count). The smallest absolute Gasteiger partial charge is 0.166 e. The molecule has 0 saturated carbocycles. The van der Waals surface area contributed by atoms with Crippen LogP contribution in [0.1, 0.15) is 48.1 Å². The summed E-state index contributed by atoms with van der Waals surface area (Å²) in [6, 6.07) is 5.45. The molecule has 1 aliphatic carbocycles. The maximum Gasteiger partial charge on any atom is 0.416 e. The Morgan fingerprint density at radius 3 is 1.96 bits per heavy atom. The topological polar surface area (TPSA) is 0 Å². The van der Waals surface area contributed by atoms with Gasteiger partial charge in [0, 0.05) is 0 Å². The van der Waals surface area contributed by atoms with Crippen LogP contribution in [0.3, 0.4) is 0 Å². The van der Waals surface area contributed by atoms with Gasteiger partial charge in [0.2, 0.25) is 0 Å².